The fourth-order valence-corrected chi connectivity index (χ4v) is 2.03. The molecule has 0 saturated carbocycles. The van der Waals surface area contributed by atoms with Crippen LogP contribution < -0.4 is 0 Å². The summed E-state index contributed by atoms with van der Waals surface area (Å²) in [6, 6.07) is 2.94. The lowest BCUT2D eigenvalue weighted by Gasteiger charge is -2.30. The molecule has 2 heterocycles. The molecule has 1 fully saturated rings. The predicted molar refractivity (Wildman–Crippen MR) is 67.5 cm³/mol. The molecule has 0 aromatic carbocycles. The number of ether oxygens (including phenoxy) is 1. The highest BCUT2D eigenvalue weighted by Crippen LogP contribution is 2.19. The molecule has 8 heteroatoms. The van der Waals surface area contributed by atoms with E-state index < -0.39 is 18.0 Å². The van der Waals surface area contributed by atoms with E-state index in [-0.39, 0.29) is 35.6 Å². The average molecular weight is 305 g/mol. The highest BCUT2D eigenvalue weighted by atomic mass is 35.5. The Hall–Kier alpha value is -1.37. The summed E-state index contributed by atoms with van der Waals surface area (Å²) >= 11 is 11.6. The molecule has 1 aliphatic rings. The molecular formula is C11H10Cl2N2O4. The molecule has 1 aromatic rings. The van der Waals surface area contributed by atoms with Crippen molar-refractivity contribution in [2.24, 2.45) is 0 Å². The largest absolute Gasteiger partial charge is 0.479 e. The number of aromatic nitrogens is 1. The quantitative estimate of drug-likeness (QED) is 0.833. The average Bonchev–Trinajstić information content (AvgIpc) is 2.41. The Morgan fingerprint density at radius 1 is 1.42 bits per heavy atom. The van der Waals surface area contributed by atoms with Crippen molar-refractivity contribution in [1.82, 2.24) is 9.88 Å². The lowest BCUT2D eigenvalue weighted by atomic mass is 10.2. The number of morpholine rings is 1. The van der Waals surface area contributed by atoms with Gasteiger partial charge in [-0.25, -0.2) is 9.78 Å². The number of halogens is 2. The van der Waals surface area contributed by atoms with E-state index in [4.69, 9.17) is 33.0 Å². The minimum Gasteiger partial charge on any atom is -0.479 e. The standard InChI is InChI=1S/C11H10Cl2N2O4/c12-6-1-2-8(13)14-9(6)10(16)15-3-4-19-7(5-15)11(17)18/h1-2,7H,3-5H2,(H,17,18). The summed E-state index contributed by atoms with van der Waals surface area (Å²) in [6.45, 7) is 0.396. The Labute approximate surface area is 118 Å². The molecule has 19 heavy (non-hydrogen) atoms. The molecule has 1 atom stereocenters. The molecule has 102 valence electrons. The number of aliphatic carboxylic acids is 1. The molecule has 0 aliphatic carbocycles. The molecule has 0 spiro atoms. The van der Waals surface area contributed by atoms with Crippen LogP contribution in [0.1, 0.15) is 10.5 Å². The van der Waals surface area contributed by atoms with Crippen molar-refractivity contribution < 1.29 is 19.4 Å². The van der Waals surface area contributed by atoms with E-state index in [1.165, 1.54) is 17.0 Å². The number of carboxylic acids is 1. The van der Waals surface area contributed by atoms with Crippen LogP contribution in [0, 0.1) is 0 Å². The second kappa shape index (κ2) is 5.73. The zero-order chi connectivity index (χ0) is 14.0. The molecule has 1 saturated heterocycles. The van der Waals surface area contributed by atoms with Crippen LogP contribution in [0.15, 0.2) is 12.1 Å². The minimum atomic E-state index is -1.11. The van der Waals surface area contributed by atoms with E-state index in [0.717, 1.165) is 0 Å². The van der Waals surface area contributed by atoms with Crippen molar-refractivity contribution in [3.05, 3.63) is 28.0 Å². The summed E-state index contributed by atoms with van der Waals surface area (Å²) in [6.07, 6.45) is -1.03. The maximum atomic E-state index is 12.2. The van der Waals surface area contributed by atoms with E-state index in [2.05, 4.69) is 4.98 Å². The van der Waals surface area contributed by atoms with Gasteiger partial charge in [0.05, 0.1) is 18.2 Å². The molecule has 1 unspecified atom stereocenters. The molecule has 1 aromatic heterocycles. The van der Waals surface area contributed by atoms with Crippen LogP contribution in [0.25, 0.3) is 0 Å². The van der Waals surface area contributed by atoms with Gasteiger partial charge >= 0.3 is 5.97 Å². The number of carbonyl (C=O) groups excluding carboxylic acids is 1. The van der Waals surface area contributed by atoms with Gasteiger partial charge < -0.3 is 14.7 Å². The molecule has 0 radical (unpaired) electrons. The van der Waals surface area contributed by atoms with Crippen LogP contribution in [-0.4, -0.2) is 52.7 Å². The molecule has 2 rings (SSSR count). The Morgan fingerprint density at radius 3 is 2.84 bits per heavy atom. The first-order valence-corrected chi connectivity index (χ1v) is 6.20. The van der Waals surface area contributed by atoms with Crippen LogP contribution in [0.4, 0.5) is 0 Å². The number of carbonyl (C=O) groups is 2. The summed E-state index contributed by atoms with van der Waals surface area (Å²) in [5, 5.41) is 9.20. The third-order valence-corrected chi connectivity index (χ3v) is 3.16. The highest BCUT2D eigenvalue weighted by Gasteiger charge is 2.30. The van der Waals surface area contributed by atoms with Gasteiger partial charge in [-0.2, -0.15) is 0 Å². The van der Waals surface area contributed by atoms with E-state index >= 15 is 0 Å². The summed E-state index contributed by atoms with van der Waals surface area (Å²) in [5.74, 6) is -1.57. The lowest BCUT2D eigenvalue weighted by molar-refractivity contribution is -0.154. The number of carboxylic acid groups (broad SMARTS) is 1. The van der Waals surface area contributed by atoms with Gasteiger partial charge in [-0.15, -0.1) is 0 Å². The Morgan fingerprint density at radius 2 is 2.16 bits per heavy atom. The van der Waals surface area contributed by atoms with Crippen molar-refractivity contribution >= 4 is 35.1 Å². The van der Waals surface area contributed by atoms with Gasteiger partial charge in [0, 0.05) is 6.54 Å². The highest BCUT2D eigenvalue weighted by molar-refractivity contribution is 6.34. The predicted octanol–water partition coefficient (Wildman–Crippen LogP) is 1.31. The van der Waals surface area contributed by atoms with Crippen LogP contribution >= 0.6 is 23.2 Å². The van der Waals surface area contributed by atoms with Crippen LogP contribution in [0.5, 0.6) is 0 Å². The van der Waals surface area contributed by atoms with Gasteiger partial charge in [0.1, 0.15) is 10.8 Å². The molecule has 0 bridgehead atoms. The molecule has 1 aliphatic heterocycles. The number of amides is 1. The van der Waals surface area contributed by atoms with Gasteiger partial charge in [0.15, 0.2) is 6.10 Å². The Balaban J connectivity index is 2.19. The first-order chi connectivity index (χ1) is 8.99. The normalized spacial score (nSPS) is 19.3. The van der Waals surface area contributed by atoms with Crippen LogP contribution in [0.2, 0.25) is 10.2 Å². The third-order valence-electron chi connectivity index (χ3n) is 2.64. The van der Waals surface area contributed by atoms with Gasteiger partial charge in [-0.3, -0.25) is 4.79 Å². The second-order valence-corrected chi connectivity index (χ2v) is 4.71. The Kier molecular flexibility index (Phi) is 4.24. The fraction of sp³-hybridized carbons (Fsp3) is 0.364. The third kappa shape index (κ3) is 3.15. The fourth-order valence-electron chi connectivity index (χ4n) is 1.70. The van der Waals surface area contributed by atoms with Crippen LogP contribution in [-0.2, 0) is 9.53 Å². The molecule has 1 amide bonds. The first kappa shape index (κ1) is 14.0. The van der Waals surface area contributed by atoms with E-state index in [1.54, 1.807) is 0 Å². The van der Waals surface area contributed by atoms with Gasteiger partial charge in [-0.1, -0.05) is 23.2 Å². The van der Waals surface area contributed by atoms with Gasteiger partial charge in [-0.05, 0) is 12.1 Å². The van der Waals surface area contributed by atoms with Gasteiger partial charge in [0.2, 0.25) is 0 Å². The van der Waals surface area contributed by atoms with Crippen molar-refractivity contribution in [3.8, 4) is 0 Å². The number of hydrogen-bond donors (Lipinski definition) is 1. The number of nitrogens with zero attached hydrogens (tertiary/aromatic N) is 2. The number of pyridine rings is 1. The summed E-state index contributed by atoms with van der Waals surface area (Å²) < 4.78 is 5.04. The summed E-state index contributed by atoms with van der Waals surface area (Å²) in [4.78, 5) is 28.3. The van der Waals surface area contributed by atoms with Crippen molar-refractivity contribution in [2.75, 3.05) is 19.7 Å². The van der Waals surface area contributed by atoms with E-state index in [9.17, 15) is 9.59 Å². The number of rotatable bonds is 2. The zero-order valence-corrected chi connectivity index (χ0v) is 11.2. The zero-order valence-electron chi connectivity index (χ0n) is 9.68. The van der Waals surface area contributed by atoms with E-state index in [1.807, 2.05) is 0 Å². The van der Waals surface area contributed by atoms with Gasteiger partial charge in [0.25, 0.3) is 5.91 Å². The molecule has 6 nitrogen and oxygen atoms in total. The maximum Gasteiger partial charge on any atom is 0.334 e. The smallest absolute Gasteiger partial charge is 0.334 e. The summed E-state index contributed by atoms with van der Waals surface area (Å²) in [5.41, 5.74) is 0.0141. The Bertz CT molecular complexity index is 523. The van der Waals surface area contributed by atoms with Crippen molar-refractivity contribution in [2.45, 2.75) is 6.10 Å². The first-order valence-electron chi connectivity index (χ1n) is 5.45. The van der Waals surface area contributed by atoms with Crippen molar-refractivity contribution in [1.29, 1.82) is 0 Å². The SMILES string of the molecule is O=C(O)C1CN(C(=O)c2nc(Cl)ccc2Cl)CCO1. The number of hydrogen-bond acceptors (Lipinski definition) is 4. The monoisotopic (exact) mass is 304 g/mol. The minimum absolute atomic E-state index is 0.0141. The van der Waals surface area contributed by atoms with Crippen molar-refractivity contribution in [3.63, 3.8) is 0 Å². The summed E-state index contributed by atoms with van der Waals surface area (Å²) in [7, 11) is 0. The topological polar surface area (TPSA) is 79.7 Å². The molecular weight excluding hydrogens is 295 g/mol. The van der Waals surface area contributed by atoms with E-state index in [0.29, 0.717) is 0 Å². The lowest BCUT2D eigenvalue weighted by Crippen LogP contribution is -2.48. The molecule has 1 N–H and O–H groups in total. The second-order valence-electron chi connectivity index (χ2n) is 3.91. The maximum absolute atomic E-state index is 12.2. The van der Waals surface area contributed by atoms with Crippen LogP contribution in [0.3, 0.4) is 0 Å².